The highest BCUT2D eigenvalue weighted by molar-refractivity contribution is 5.18. The lowest BCUT2D eigenvalue weighted by Crippen LogP contribution is -2.33. The van der Waals surface area contributed by atoms with Crippen molar-refractivity contribution in [1.29, 1.82) is 0 Å². The lowest BCUT2D eigenvalue weighted by Gasteiger charge is -2.35. The fraction of sp³-hybridized carbons (Fsp3) is 0.364. The predicted molar refractivity (Wildman–Crippen MR) is 52.1 cm³/mol. The Bertz CT molecular complexity index is 260. The monoisotopic (exact) mass is 176 g/mol. The average Bonchev–Trinajstić information content (AvgIpc) is 2.19. The molecule has 1 atom stereocenters. The topological polar surface area (TPSA) is 12.5 Å². The Morgan fingerprint density at radius 1 is 1.31 bits per heavy atom. The third-order valence-electron chi connectivity index (χ3n) is 2.32. The number of hydrogen-bond acceptors (Lipinski definition) is 2. The van der Waals surface area contributed by atoms with Crippen LogP contribution in [-0.4, -0.2) is 24.6 Å². The first-order valence-corrected chi connectivity index (χ1v) is 4.58. The highest BCUT2D eigenvalue weighted by Gasteiger charge is 2.15. The minimum Gasteiger partial charge on any atom is -0.455 e. The maximum absolute atomic E-state index is 5.65. The number of hydrogen-bond donors (Lipinski definition) is 0. The van der Waals surface area contributed by atoms with E-state index in [0.717, 1.165) is 19.7 Å². The second-order valence-corrected chi connectivity index (χ2v) is 3.35. The highest BCUT2D eigenvalue weighted by atomic mass is 16.5. The normalized spacial score (nSPS) is 24.5. The quantitative estimate of drug-likeness (QED) is 0.605. The second-order valence-electron chi connectivity index (χ2n) is 3.35. The van der Waals surface area contributed by atoms with Crippen LogP contribution in [-0.2, 0) is 4.74 Å². The number of ether oxygens (including phenoxy) is 1. The molecule has 0 radical (unpaired) electrons. The number of rotatable bonds is 1. The van der Waals surface area contributed by atoms with E-state index in [1.165, 1.54) is 5.56 Å². The highest BCUT2D eigenvalue weighted by Crippen LogP contribution is 2.20. The van der Waals surface area contributed by atoms with E-state index in [0.29, 0.717) is 0 Å². The van der Waals surface area contributed by atoms with Gasteiger partial charge in [0.15, 0.2) is 0 Å². The van der Waals surface area contributed by atoms with E-state index < -0.39 is 0 Å². The average molecular weight is 176 g/mol. The minimum absolute atomic E-state index is 0.201. The van der Waals surface area contributed by atoms with Crippen molar-refractivity contribution in [3.05, 3.63) is 42.9 Å². The van der Waals surface area contributed by atoms with E-state index in [1.54, 1.807) is 0 Å². The molecule has 0 saturated carbocycles. The Morgan fingerprint density at radius 3 is 2.77 bits per heavy atom. The SMILES string of the molecule is [CH2-]N1CCOC(c2ccccc2)C1. The van der Waals surface area contributed by atoms with Gasteiger partial charge in [-0.1, -0.05) is 30.3 Å². The summed E-state index contributed by atoms with van der Waals surface area (Å²) >= 11 is 0. The van der Waals surface area contributed by atoms with Crippen molar-refractivity contribution in [2.75, 3.05) is 19.7 Å². The number of nitrogens with zero attached hydrogens (tertiary/aromatic N) is 1. The van der Waals surface area contributed by atoms with Crippen molar-refractivity contribution < 1.29 is 4.74 Å². The van der Waals surface area contributed by atoms with Gasteiger partial charge >= 0.3 is 0 Å². The van der Waals surface area contributed by atoms with E-state index in [9.17, 15) is 0 Å². The smallest absolute Gasteiger partial charge is 0.0928 e. The Hall–Kier alpha value is -0.860. The molecule has 1 aliphatic heterocycles. The van der Waals surface area contributed by atoms with Gasteiger partial charge in [-0.3, -0.25) is 7.05 Å². The van der Waals surface area contributed by atoms with Crippen molar-refractivity contribution in [3.8, 4) is 0 Å². The Morgan fingerprint density at radius 2 is 2.08 bits per heavy atom. The van der Waals surface area contributed by atoms with Crippen LogP contribution in [0, 0.1) is 7.05 Å². The molecule has 2 nitrogen and oxygen atoms in total. The Balaban J connectivity index is 2.08. The number of benzene rings is 1. The second kappa shape index (κ2) is 3.90. The largest absolute Gasteiger partial charge is 0.455 e. The van der Waals surface area contributed by atoms with Gasteiger partial charge in [0, 0.05) is 6.54 Å². The molecule has 13 heavy (non-hydrogen) atoms. The van der Waals surface area contributed by atoms with Crippen LogP contribution in [0.3, 0.4) is 0 Å². The zero-order chi connectivity index (χ0) is 9.10. The summed E-state index contributed by atoms with van der Waals surface area (Å²) < 4.78 is 5.65. The molecule has 1 saturated heterocycles. The van der Waals surface area contributed by atoms with Crippen LogP contribution >= 0.6 is 0 Å². The van der Waals surface area contributed by atoms with Gasteiger partial charge in [-0.15, -0.1) is 0 Å². The molecular weight excluding hydrogens is 162 g/mol. The lowest BCUT2D eigenvalue weighted by molar-refractivity contribution is -0.0149. The third kappa shape index (κ3) is 2.08. The molecule has 0 bridgehead atoms. The molecule has 1 aliphatic rings. The molecule has 1 aromatic carbocycles. The Labute approximate surface area is 79.1 Å². The van der Waals surface area contributed by atoms with Gasteiger partial charge in [-0.25, -0.2) is 0 Å². The van der Waals surface area contributed by atoms with Crippen LogP contribution < -0.4 is 0 Å². The summed E-state index contributed by atoms with van der Waals surface area (Å²) in [4.78, 5) is 2.06. The fourth-order valence-corrected chi connectivity index (χ4v) is 1.57. The zero-order valence-corrected chi connectivity index (χ0v) is 7.65. The van der Waals surface area contributed by atoms with Crippen LogP contribution in [0.4, 0.5) is 0 Å². The fourth-order valence-electron chi connectivity index (χ4n) is 1.57. The molecule has 0 spiro atoms. The molecule has 2 heteroatoms. The molecule has 1 heterocycles. The summed E-state index contributed by atoms with van der Waals surface area (Å²) in [6.07, 6.45) is 0.201. The molecule has 70 valence electrons. The molecule has 1 aromatic rings. The molecule has 0 aliphatic carbocycles. The summed E-state index contributed by atoms with van der Waals surface area (Å²) in [6, 6.07) is 10.3. The maximum Gasteiger partial charge on any atom is 0.0928 e. The molecule has 1 fully saturated rings. The van der Waals surface area contributed by atoms with Crippen molar-refractivity contribution in [2.45, 2.75) is 6.10 Å². The molecule has 0 amide bonds. The van der Waals surface area contributed by atoms with Crippen LogP contribution in [0.25, 0.3) is 0 Å². The van der Waals surface area contributed by atoms with Gasteiger partial charge in [-0.2, -0.15) is 0 Å². The van der Waals surface area contributed by atoms with Crippen LogP contribution in [0.2, 0.25) is 0 Å². The van der Waals surface area contributed by atoms with Crippen molar-refractivity contribution in [1.82, 2.24) is 4.90 Å². The van der Waals surface area contributed by atoms with Gasteiger partial charge < -0.3 is 9.64 Å². The third-order valence-corrected chi connectivity index (χ3v) is 2.32. The first-order chi connectivity index (χ1) is 6.36. The maximum atomic E-state index is 5.65. The van der Waals surface area contributed by atoms with E-state index in [-0.39, 0.29) is 6.10 Å². The summed E-state index contributed by atoms with van der Waals surface area (Å²) in [5.74, 6) is 0. The summed E-state index contributed by atoms with van der Waals surface area (Å²) in [5, 5.41) is 0. The Kier molecular flexibility index (Phi) is 2.62. The summed E-state index contributed by atoms with van der Waals surface area (Å²) in [6.45, 7) is 2.61. The van der Waals surface area contributed by atoms with Crippen LogP contribution in [0.5, 0.6) is 0 Å². The van der Waals surface area contributed by atoms with Crippen molar-refractivity contribution in [3.63, 3.8) is 0 Å². The first kappa shape index (κ1) is 8.73. The standard InChI is InChI=1S/C11H14NO/c1-12-7-8-13-11(9-12)10-5-3-2-4-6-10/h2-6,11H,1,7-9H2/q-1. The zero-order valence-electron chi connectivity index (χ0n) is 7.65. The van der Waals surface area contributed by atoms with Gasteiger partial charge in [0.25, 0.3) is 0 Å². The van der Waals surface area contributed by atoms with Gasteiger partial charge in [-0.05, 0) is 12.1 Å². The van der Waals surface area contributed by atoms with Gasteiger partial charge in [0.05, 0.1) is 12.7 Å². The van der Waals surface area contributed by atoms with E-state index in [1.807, 2.05) is 18.2 Å². The molecular formula is C11H14NO-. The molecule has 2 rings (SSSR count). The van der Waals surface area contributed by atoms with Gasteiger partial charge in [0.2, 0.25) is 0 Å². The predicted octanol–water partition coefficient (Wildman–Crippen LogP) is 1.85. The number of morpholine rings is 1. The van der Waals surface area contributed by atoms with Crippen LogP contribution in [0.1, 0.15) is 11.7 Å². The van der Waals surface area contributed by atoms with E-state index in [4.69, 9.17) is 4.74 Å². The van der Waals surface area contributed by atoms with E-state index >= 15 is 0 Å². The van der Waals surface area contributed by atoms with E-state index in [2.05, 4.69) is 24.1 Å². The van der Waals surface area contributed by atoms with Crippen molar-refractivity contribution >= 4 is 0 Å². The summed E-state index contributed by atoms with van der Waals surface area (Å²) in [5.41, 5.74) is 1.25. The minimum atomic E-state index is 0.201. The van der Waals surface area contributed by atoms with Crippen LogP contribution in [0.15, 0.2) is 30.3 Å². The first-order valence-electron chi connectivity index (χ1n) is 4.58. The molecule has 0 aromatic heterocycles. The lowest BCUT2D eigenvalue weighted by atomic mass is 10.1. The van der Waals surface area contributed by atoms with Crippen molar-refractivity contribution in [2.24, 2.45) is 0 Å². The summed E-state index contributed by atoms with van der Waals surface area (Å²) in [7, 11) is 3.93. The molecule has 1 unspecified atom stereocenters. The molecule has 0 N–H and O–H groups in total. The van der Waals surface area contributed by atoms with Gasteiger partial charge in [0.1, 0.15) is 0 Å².